The normalized spacial score (nSPS) is 10.6. The van der Waals surface area contributed by atoms with Gasteiger partial charge in [0.2, 0.25) is 0 Å². The Morgan fingerprint density at radius 1 is 0.923 bits per heavy atom. The van der Waals surface area contributed by atoms with Crippen molar-refractivity contribution in [3.8, 4) is 0 Å². The van der Waals surface area contributed by atoms with E-state index in [-0.39, 0.29) is 18.9 Å². The van der Waals surface area contributed by atoms with Gasteiger partial charge in [0.25, 0.3) is 6.08 Å². The molecule has 0 aromatic heterocycles. The molecule has 0 amide bonds. The van der Waals surface area contributed by atoms with Gasteiger partial charge in [0.05, 0.1) is 5.73 Å². The van der Waals surface area contributed by atoms with Gasteiger partial charge in [0.15, 0.2) is 0 Å². The van der Waals surface area contributed by atoms with E-state index in [2.05, 4.69) is 14.0 Å². The third-order valence-corrected chi connectivity index (χ3v) is 1.42. The van der Waals surface area contributed by atoms with Crippen LogP contribution in [-0.2, 0) is 14.0 Å². The zero-order valence-electron chi connectivity index (χ0n) is 7.94. The Bertz CT molecular complexity index is 174. The van der Waals surface area contributed by atoms with Crippen LogP contribution in [0.5, 0.6) is 0 Å². The van der Waals surface area contributed by atoms with Crippen molar-refractivity contribution < 1.29 is 46.0 Å². The molecule has 0 saturated heterocycles. The summed E-state index contributed by atoms with van der Waals surface area (Å²) in [6, 6.07) is 0. The van der Waals surface area contributed by atoms with Gasteiger partial charge < -0.3 is 14.0 Å². The summed E-state index contributed by atoms with van der Waals surface area (Å²) in [7, 11) is 3.03. The van der Waals surface area contributed by atoms with Crippen molar-refractivity contribution in [3.05, 3.63) is 11.8 Å². The molecule has 0 aromatic carbocycles. The standard InChI is InChI=1S/C5H9BF3O3.Li/c1-10-6(11-2,12-3)4(7)5(8)9;/h1-3H3;/q-1;+1. The summed E-state index contributed by atoms with van der Waals surface area (Å²) in [5, 5.41) is 0. The third-order valence-electron chi connectivity index (χ3n) is 1.42. The predicted octanol–water partition coefficient (Wildman–Crippen LogP) is -1.51. The Hall–Kier alpha value is 0.0723. The fourth-order valence-corrected chi connectivity index (χ4v) is 0.733. The maximum atomic E-state index is 12.6. The van der Waals surface area contributed by atoms with Crippen molar-refractivity contribution in [2.24, 2.45) is 0 Å². The molecule has 13 heavy (non-hydrogen) atoms. The molecule has 0 aliphatic heterocycles. The summed E-state index contributed by atoms with van der Waals surface area (Å²) >= 11 is 0. The molecule has 0 spiro atoms. The molecular weight excluding hydrogens is 183 g/mol. The summed E-state index contributed by atoms with van der Waals surface area (Å²) in [6.45, 7) is -3.10. The minimum absolute atomic E-state index is 0. The molecule has 8 heteroatoms. The Balaban J connectivity index is 0. The van der Waals surface area contributed by atoms with E-state index < -0.39 is 18.6 Å². The average molecular weight is 192 g/mol. The zero-order chi connectivity index (χ0) is 9.78. The van der Waals surface area contributed by atoms with E-state index in [1.54, 1.807) is 0 Å². The van der Waals surface area contributed by atoms with Crippen LogP contribution in [0.25, 0.3) is 0 Å². The molecule has 0 N–H and O–H groups in total. The smallest absolute Gasteiger partial charge is 0.541 e. The molecule has 0 atom stereocenters. The van der Waals surface area contributed by atoms with Crippen molar-refractivity contribution >= 4 is 6.75 Å². The largest absolute Gasteiger partial charge is 1.00 e. The first-order valence-corrected chi connectivity index (χ1v) is 3.04. The zero-order valence-corrected chi connectivity index (χ0v) is 7.94. The van der Waals surface area contributed by atoms with Gasteiger partial charge in [0, 0.05) is 0 Å². The molecule has 0 heterocycles. The van der Waals surface area contributed by atoms with Crippen LogP contribution >= 0.6 is 0 Å². The Labute approximate surface area is 86.4 Å². The Kier molecular flexibility index (Phi) is 7.79. The van der Waals surface area contributed by atoms with Crippen LogP contribution in [0.2, 0.25) is 0 Å². The van der Waals surface area contributed by atoms with Gasteiger partial charge >= 0.3 is 25.6 Å². The second kappa shape index (κ2) is 6.51. The van der Waals surface area contributed by atoms with E-state index in [1.165, 1.54) is 0 Å². The van der Waals surface area contributed by atoms with Crippen LogP contribution in [0.3, 0.4) is 0 Å². The van der Waals surface area contributed by atoms with Crippen molar-refractivity contribution in [1.82, 2.24) is 0 Å². The second-order valence-corrected chi connectivity index (χ2v) is 1.96. The fraction of sp³-hybridized carbons (Fsp3) is 0.600. The van der Waals surface area contributed by atoms with Gasteiger partial charge in [-0.25, -0.2) is 4.39 Å². The van der Waals surface area contributed by atoms with Crippen molar-refractivity contribution in [1.29, 1.82) is 0 Å². The molecule has 0 aliphatic carbocycles. The van der Waals surface area contributed by atoms with Crippen molar-refractivity contribution in [3.63, 3.8) is 0 Å². The van der Waals surface area contributed by atoms with Crippen molar-refractivity contribution in [2.75, 3.05) is 21.3 Å². The predicted molar refractivity (Wildman–Crippen MR) is 37.1 cm³/mol. The molecule has 3 nitrogen and oxygen atoms in total. The SMILES string of the molecule is CO[B-](OC)(OC)C(F)=C(F)F.[Li+]. The maximum Gasteiger partial charge on any atom is 1.00 e. The minimum atomic E-state index is -3.10. The first-order valence-electron chi connectivity index (χ1n) is 3.04. The first-order chi connectivity index (χ1) is 5.54. The molecule has 0 unspecified atom stereocenters. The molecule has 72 valence electrons. The van der Waals surface area contributed by atoms with E-state index in [9.17, 15) is 13.2 Å². The molecule has 0 aliphatic rings. The number of hydrogen-bond acceptors (Lipinski definition) is 3. The van der Waals surface area contributed by atoms with E-state index in [0.29, 0.717) is 0 Å². The van der Waals surface area contributed by atoms with Crippen LogP contribution in [-0.4, -0.2) is 28.1 Å². The van der Waals surface area contributed by atoms with Gasteiger partial charge in [-0.3, -0.25) is 0 Å². The van der Waals surface area contributed by atoms with E-state index >= 15 is 0 Å². The van der Waals surface area contributed by atoms with Crippen LogP contribution in [0.1, 0.15) is 0 Å². The Morgan fingerprint density at radius 3 is 1.31 bits per heavy atom. The summed E-state index contributed by atoms with van der Waals surface area (Å²) in [4.78, 5) is 0. The van der Waals surface area contributed by atoms with Crippen LogP contribution in [0.15, 0.2) is 11.8 Å². The number of hydrogen-bond donors (Lipinski definition) is 0. The summed E-state index contributed by atoms with van der Waals surface area (Å²) in [6.07, 6.45) is -2.51. The third kappa shape index (κ3) is 3.37. The van der Waals surface area contributed by atoms with Gasteiger partial charge in [-0.05, 0) is 21.3 Å². The van der Waals surface area contributed by atoms with Crippen LogP contribution in [0.4, 0.5) is 13.2 Å². The molecule has 0 bridgehead atoms. The van der Waals surface area contributed by atoms with E-state index in [0.717, 1.165) is 21.3 Å². The quantitative estimate of drug-likeness (QED) is 0.506. The monoisotopic (exact) mass is 192 g/mol. The molecule has 0 radical (unpaired) electrons. The average Bonchev–Trinajstić information content (AvgIpc) is 2.08. The van der Waals surface area contributed by atoms with Crippen LogP contribution < -0.4 is 18.9 Å². The summed E-state index contributed by atoms with van der Waals surface area (Å²) in [5.41, 5.74) is -1.83. The molecule has 0 aromatic rings. The molecule has 0 saturated carbocycles. The van der Waals surface area contributed by atoms with Gasteiger partial charge in [-0.15, -0.1) is 0 Å². The number of halogens is 3. The van der Waals surface area contributed by atoms with Gasteiger partial charge in [-0.2, -0.15) is 8.78 Å². The Morgan fingerprint density at radius 2 is 1.23 bits per heavy atom. The molecule has 0 fully saturated rings. The maximum absolute atomic E-state index is 12.6. The molecular formula is C5H9BF3LiO3. The minimum Gasteiger partial charge on any atom is -0.541 e. The van der Waals surface area contributed by atoms with Gasteiger partial charge in [-0.1, -0.05) is 0 Å². The van der Waals surface area contributed by atoms with Crippen molar-refractivity contribution in [2.45, 2.75) is 0 Å². The van der Waals surface area contributed by atoms with E-state index in [4.69, 9.17) is 0 Å². The fourth-order valence-electron chi connectivity index (χ4n) is 0.733. The van der Waals surface area contributed by atoms with Gasteiger partial charge in [0.1, 0.15) is 0 Å². The molecule has 0 rings (SSSR count). The first kappa shape index (κ1) is 15.5. The number of rotatable bonds is 4. The summed E-state index contributed by atoms with van der Waals surface area (Å²) < 4.78 is 49.3. The second-order valence-electron chi connectivity index (χ2n) is 1.96. The van der Waals surface area contributed by atoms with E-state index in [1.807, 2.05) is 0 Å². The van der Waals surface area contributed by atoms with Crippen LogP contribution in [0, 0.1) is 0 Å². The summed E-state index contributed by atoms with van der Waals surface area (Å²) in [5.74, 6) is 0. The topological polar surface area (TPSA) is 27.7 Å².